The van der Waals surface area contributed by atoms with Crippen LogP contribution in [0.4, 0.5) is 0 Å². The van der Waals surface area contributed by atoms with Gasteiger partial charge >= 0.3 is 0 Å². The van der Waals surface area contributed by atoms with Crippen molar-refractivity contribution < 1.29 is 129 Å². The fraction of sp³-hybridized carbons (Fsp3) is 1.00. The summed E-state index contributed by atoms with van der Waals surface area (Å²) in [6.07, 6.45) is -31.3. The van der Waals surface area contributed by atoms with Crippen LogP contribution in [0.5, 0.6) is 0 Å². The molecule has 0 aliphatic carbocycles. The Balaban J connectivity index is 1.32. The Hall–Kier alpha value is -1.04. The van der Waals surface area contributed by atoms with Crippen molar-refractivity contribution in [2.45, 2.75) is 127 Å². The van der Waals surface area contributed by atoms with Crippen LogP contribution in [0.2, 0.25) is 0 Å². The Morgan fingerprint density at radius 1 is 0.357 bits per heavy atom. The van der Waals surface area contributed by atoms with Crippen LogP contribution in [-0.2, 0) is 42.6 Å². The molecule has 5 fully saturated rings. The lowest BCUT2D eigenvalue weighted by Crippen LogP contribution is -2.60. The molecule has 17 N–H and O–H groups in total. The third-order valence-corrected chi connectivity index (χ3v) is 10.7. The quantitative estimate of drug-likeness (QED) is 0.0647. The first kappa shape index (κ1) is 46.0. The smallest absolute Gasteiger partial charge is 0.222 e. The van der Waals surface area contributed by atoms with Crippen molar-refractivity contribution in [1.82, 2.24) is 0 Å². The minimum Gasteiger partial charge on any atom is -0.394 e. The van der Waals surface area contributed by atoms with E-state index in [4.69, 9.17) is 42.6 Å². The molecule has 0 saturated carbocycles. The normalized spacial score (nSPS) is 52.3. The van der Waals surface area contributed by atoms with Crippen LogP contribution in [0.1, 0.15) is 0 Å². The molecule has 5 aliphatic rings. The van der Waals surface area contributed by atoms with Crippen molar-refractivity contribution in [3.8, 4) is 0 Å². The van der Waals surface area contributed by atoms with Crippen molar-refractivity contribution in [2.24, 2.45) is 0 Å². The second-order valence-corrected chi connectivity index (χ2v) is 14.2. The first-order valence-corrected chi connectivity index (χ1v) is 17.5. The van der Waals surface area contributed by atoms with Crippen molar-refractivity contribution >= 4 is 0 Å². The molecule has 0 aromatic heterocycles. The Kier molecular flexibility index (Phi) is 14.7. The van der Waals surface area contributed by atoms with Gasteiger partial charge in [-0.1, -0.05) is 0 Å². The molecule has 5 aliphatic heterocycles. The molecule has 0 bridgehead atoms. The van der Waals surface area contributed by atoms with E-state index in [-0.39, 0.29) is 0 Å². The number of rotatable bonds is 17. The van der Waals surface area contributed by atoms with Crippen LogP contribution in [0.15, 0.2) is 0 Å². The van der Waals surface area contributed by atoms with Gasteiger partial charge in [0.05, 0.1) is 33.0 Å². The van der Waals surface area contributed by atoms with Crippen molar-refractivity contribution in [1.29, 1.82) is 0 Å². The van der Waals surface area contributed by atoms with Crippen LogP contribution in [0, 0.1) is 0 Å². The van der Waals surface area contributed by atoms with Crippen molar-refractivity contribution in [3.05, 3.63) is 0 Å². The Labute approximate surface area is 316 Å². The van der Waals surface area contributed by atoms with Crippen molar-refractivity contribution in [3.63, 3.8) is 0 Å². The minimum absolute atomic E-state index is 0.771. The van der Waals surface area contributed by atoms with Crippen LogP contribution < -0.4 is 0 Å². The van der Waals surface area contributed by atoms with Crippen LogP contribution in [0.25, 0.3) is 0 Å². The molecule has 0 aromatic carbocycles. The Morgan fingerprint density at radius 3 is 1.11 bits per heavy atom. The lowest BCUT2D eigenvalue weighted by Gasteiger charge is -2.41. The van der Waals surface area contributed by atoms with Gasteiger partial charge in [-0.05, 0) is 0 Å². The van der Waals surface area contributed by atoms with Gasteiger partial charge in [0.2, 0.25) is 23.1 Å². The van der Waals surface area contributed by atoms with E-state index < -0.39 is 187 Å². The van der Waals surface area contributed by atoms with E-state index in [1.165, 1.54) is 0 Å². The highest BCUT2D eigenvalue weighted by Crippen LogP contribution is 2.41. The number of hydrogen-bond donors (Lipinski definition) is 17. The molecule has 5 saturated heterocycles. The largest absolute Gasteiger partial charge is 0.394 e. The monoisotopic (exact) mass is 828 g/mol. The van der Waals surface area contributed by atoms with Gasteiger partial charge in [-0.3, -0.25) is 0 Å². The SMILES string of the molecule is OC[C@H]1O[C@@](CO)(OC[C@H]2O[C@@](CO)(OC[C@H]3O[C@@](CO[C@]4(CO)O[C@H](CO)[C@@H](O)[C@@H]4O)(OC[C@H]4OC(O)[C@H](O)[C@@H](O)[C@@H]4O)[C@@H](O)[C@@H]3O)[C@@H](O)[C@@H]2O)[C@@H](O)[C@@H]1O. The van der Waals surface area contributed by atoms with Gasteiger partial charge in [-0.25, -0.2) is 0 Å². The standard InChI is InChI=1S/C30H52O26/c31-1-10-16(37)22(43)27(6-33,53-10)48-4-13-18(39)24(45)28(7-34,55-13)49-5-14-19(40)25(46)30(56-14,50-3-12-15(36)20(41)21(42)26(47)52-12)9-51-29(8-35)23(44)17(38)11(2-32)54-29/h10-26,31-47H,1-9H2/t10-,11-,12-,13-,14-,15-,16-,17-,18-,19-,20+,21-,22+,23+,24+,25+,26?,27-,28-,29-,30-/m1/s1. The molecule has 0 spiro atoms. The summed E-state index contributed by atoms with van der Waals surface area (Å²) in [5.74, 6) is -9.98. The molecule has 26 heteroatoms. The summed E-state index contributed by atoms with van der Waals surface area (Å²) in [6.45, 7) is -8.75. The Morgan fingerprint density at radius 2 is 0.696 bits per heavy atom. The molecule has 0 amide bonds. The molecule has 1 unspecified atom stereocenters. The molecule has 26 nitrogen and oxygen atoms in total. The van der Waals surface area contributed by atoms with Gasteiger partial charge in [0, 0.05) is 0 Å². The third-order valence-electron chi connectivity index (χ3n) is 10.7. The third kappa shape index (κ3) is 8.09. The predicted molar refractivity (Wildman–Crippen MR) is 167 cm³/mol. The Bertz CT molecular complexity index is 1270. The van der Waals surface area contributed by atoms with Gasteiger partial charge in [-0.2, -0.15) is 0 Å². The molecule has 56 heavy (non-hydrogen) atoms. The molecule has 0 radical (unpaired) electrons. The van der Waals surface area contributed by atoms with E-state index in [2.05, 4.69) is 0 Å². The van der Waals surface area contributed by atoms with E-state index in [0.717, 1.165) is 0 Å². The maximum absolute atomic E-state index is 11.3. The molecule has 21 atom stereocenters. The minimum atomic E-state index is -2.65. The summed E-state index contributed by atoms with van der Waals surface area (Å²) < 4.78 is 49.5. The van der Waals surface area contributed by atoms with E-state index in [0.29, 0.717) is 0 Å². The average Bonchev–Trinajstić information content (AvgIpc) is 3.79. The second-order valence-electron chi connectivity index (χ2n) is 14.2. The number of hydrogen-bond acceptors (Lipinski definition) is 26. The highest BCUT2D eigenvalue weighted by atomic mass is 16.8. The highest BCUT2D eigenvalue weighted by Gasteiger charge is 2.63. The zero-order valence-corrected chi connectivity index (χ0v) is 29.5. The lowest BCUT2D eigenvalue weighted by atomic mass is 9.99. The summed E-state index contributed by atoms with van der Waals surface area (Å²) >= 11 is 0. The zero-order chi connectivity index (χ0) is 41.5. The molecule has 5 heterocycles. The van der Waals surface area contributed by atoms with Gasteiger partial charge < -0.3 is 129 Å². The zero-order valence-electron chi connectivity index (χ0n) is 29.5. The summed E-state index contributed by atoms with van der Waals surface area (Å²) in [7, 11) is 0. The first-order valence-electron chi connectivity index (χ1n) is 17.5. The topological polar surface area (TPSA) is 427 Å². The van der Waals surface area contributed by atoms with Gasteiger partial charge in [0.15, 0.2) is 6.29 Å². The summed E-state index contributed by atoms with van der Waals surface area (Å²) in [6, 6.07) is 0. The summed E-state index contributed by atoms with van der Waals surface area (Å²) in [5.41, 5.74) is 0. The summed E-state index contributed by atoms with van der Waals surface area (Å²) in [4.78, 5) is 0. The number of aliphatic hydroxyl groups is 17. The second kappa shape index (κ2) is 17.9. The molecular weight excluding hydrogens is 776 g/mol. The van der Waals surface area contributed by atoms with E-state index in [9.17, 15) is 86.8 Å². The van der Waals surface area contributed by atoms with Crippen LogP contribution in [-0.4, -0.2) is 273 Å². The summed E-state index contributed by atoms with van der Waals surface area (Å²) in [5, 5.41) is 175. The van der Waals surface area contributed by atoms with E-state index >= 15 is 0 Å². The average molecular weight is 829 g/mol. The molecule has 0 aromatic rings. The van der Waals surface area contributed by atoms with Crippen molar-refractivity contribution in [2.75, 3.05) is 59.5 Å². The van der Waals surface area contributed by atoms with Crippen LogP contribution >= 0.6 is 0 Å². The fourth-order valence-corrected chi connectivity index (χ4v) is 7.12. The highest BCUT2D eigenvalue weighted by molar-refractivity contribution is 5.03. The van der Waals surface area contributed by atoms with Crippen LogP contribution in [0.3, 0.4) is 0 Å². The maximum atomic E-state index is 11.3. The van der Waals surface area contributed by atoms with Gasteiger partial charge in [0.25, 0.3) is 0 Å². The van der Waals surface area contributed by atoms with Gasteiger partial charge in [0.1, 0.15) is 124 Å². The molecule has 328 valence electrons. The fourth-order valence-electron chi connectivity index (χ4n) is 7.12. The molecule has 5 rings (SSSR count). The molecular formula is C30H52O26. The first-order chi connectivity index (χ1) is 26.4. The maximum Gasteiger partial charge on any atom is 0.222 e. The number of aliphatic hydroxyl groups excluding tert-OH is 17. The predicted octanol–water partition coefficient (Wildman–Crippen LogP) is -11.9. The number of ether oxygens (including phenoxy) is 9. The van der Waals surface area contributed by atoms with E-state index in [1.54, 1.807) is 0 Å². The van der Waals surface area contributed by atoms with E-state index in [1.807, 2.05) is 0 Å². The lowest BCUT2D eigenvalue weighted by molar-refractivity contribution is -0.355. The van der Waals surface area contributed by atoms with Gasteiger partial charge in [-0.15, -0.1) is 0 Å².